The number of nitrogens with one attached hydrogen (secondary N) is 1. The highest BCUT2D eigenvalue weighted by Gasteiger charge is 1.99. The molecule has 0 spiro atoms. The molecule has 4 nitrogen and oxygen atoms in total. The van der Waals surface area contributed by atoms with E-state index in [1.165, 1.54) is 0 Å². The van der Waals surface area contributed by atoms with Crippen LogP contribution in [0.3, 0.4) is 0 Å². The van der Waals surface area contributed by atoms with Crippen LogP contribution < -0.4 is 5.73 Å². The summed E-state index contributed by atoms with van der Waals surface area (Å²) >= 11 is 0. The molecule has 0 bridgehead atoms. The molecular weight excluding hydrogens is 216 g/mol. The zero-order valence-corrected chi connectivity index (χ0v) is 9.35. The lowest BCUT2D eigenvalue weighted by Gasteiger charge is -2.04. The van der Waals surface area contributed by atoms with Gasteiger partial charge in [-0.2, -0.15) is 0 Å². The number of nitrogen functional groups attached to an aromatic ring is 1. The zero-order chi connectivity index (χ0) is 12.1. The molecule has 0 aliphatic heterocycles. The second-order valence-corrected chi connectivity index (χ2v) is 3.68. The van der Waals surface area contributed by atoms with Crippen molar-refractivity contribution in [3.8, 4) is 0 Å². The average molecular weight is 230 g/mol. The topological polar surface area (TPSA) is 72.2 Å². The fourth-order valence-electron chi connectivity index (χ4n) is 1.44. The first-order chi connectivity index (χ1) is 8.25. The molecule has 1 aromatic heterocycles. The molecule has 17 heavy (non-hydrogen) atoms. The summed E-state index contributed by atoms with van der Waals surface area (Å²) in [6, 6.07) is 11.1. The van der Waals surface area contributed by atoms with Crippen LogP contribution >= 0.6 is 0 Å². The lowest BCUT2D eigenvalue weighted by atomic mass is 10.1. The van der Waals surface area contributed by atoms with Crippen LogP contribution in [0.15, 0.2) is 47.1 Å². The Morgan fingerprint density at radius 3 is 2.53 bits per heavy atom. The number of furan rings is 1. The van der Waals surface area contributed by atoms with Gasteiger partial charge >= 0.3 is 0 Å². The number of rotatable bonds is 5. The highest BCUT2D eigenvalue weighted by Crippen LogP contribution is 2.08. The Hall–Kier alpha value is -2.07. The number of amidine groups is 1. The van der Waals surface area contributed by atoms with Gasteiger partial charge in [-0.25, -0.2) is 0 Å². The van der Waals surface area contributed by atoms with E-state index in [0.717, 1.165) is 16.9 Å². The first-order valence-corrected chi connectivity index (χ1v) is 5.29. The van der Waals surface area contributed by atoms with Gasteiger partial charge in [-0.15, -0.1) is 0 Å². The summed E-state index contributed by atoms with van der Waals surface area (Å²) < 4.78 is 10.6. The molecule has 88 valence electrons. The van der Waals surface area contributed by atoms with Crippen molar-refractivity contribution in [2.24, 2.45) is 5.73 Å². The summed E-state index contributed by atoms with van der Waals surface area (Å²) in [4.78, 5) is 0. The van der Waals surface area contributed by atoms with Crippen molar-refractivity contribution < 1.29 is 9.15 Å². The van der Waals surface area contributed by atoms with Gasteiger partial charge in [0.15, 0.2) is 0 Å². The van der Waals surface area contributed by atoms with Gasteiger partial charge < -0.3 is 14.9 Å². The summed E-state index contributed by atoms with van der Waals surface area (Å²) in [5.41, 5.74) is 7.13. The maximum absolute atomic E-state index is 7.27. The van der Waals surface area contributed by atoms with E-state index in [1.54, 1.807) is 6.26 Å². The van der Waals surface area contributed by atoms with Crippen LogP contribution in [0.4, 0.5) is 0 Å². The smallest absolute Gasteiger partial charge is 0.129 e. The second-order valence-electron chi connectivity index (χ2n) is 3.68. The van der Waals surface area contributed by atoms with Crippen molar-refractivity contribution in [2.45, 2.75) is 13.2 Å². The number of nitrogens with two attached hydrogens (primary N) is 1. The molecule has 0 aliphatic rings. The van der Waals surface area contributed by atoms with Gasteiger partial charge in [0.2, 0.25) is 0 Å². The Bertz CT molecular complexity index is 475. The van der Waals surface area contributed by atoms with Crippen LogP contribution in [-0.4, -0.2) is 5.84 Å². The maximum atomic E-state index is 7.27. The van der Waals surface area contributed by atoms with E-state index < -0.39 is 0 Å². The van der Waals surface area contributed by atoms with E-state index in [2.05, 4.69) is 0 Å². The molecule has 0 atom stereocenters. The van der Waals surface area contributed by atoms with Gasteiger partial charge in [0.1, 0.15) is 18.2 Å². The Labute approximate surface area is 99.5 Å². The molecule has 0 fully saturated rings. The molecule has 3 N–H and O–H groups in total. The first-order valence-electron chi connectivity index (χ1n) is 5.29. The largest absolute Gasteiger partial charge is 0.467 e. The average Bonchev–Trinajstić information content (AvgIpc) is 2.83. The van der Waals surface area contributed by atoms with Crippen LogP contribution in [0.2, 0.25) is 0 Å². The summed E-state index contributed by atoms with van der Waals surface area (Å²) in [5.74, 6) is 0.887. The predicted octanol–water partition coefficient (Wildman–Crippen LogP) is 2.28. The van der Waals surface area contributed by atoms with E-state index >= 15 is 0 Å². The lowest BCUT2D eigenvalue weighted by molar-refractivity contribution is 0.0929. The molecule has 0 saturated carbocycles. The summed E-state index contributed by atoms with van der Waals surface area (Å²) in [6.07, 6.45) is 1.63. The molecule has 2 aromatic rings. The van der Waals surface area contributed by atoms with E-state index in [9.17, 15) is 0 Å². The summed E-state index contributed by atoms with van der Waals surface area (Å²) in [7, 11) is 0. The van der Waals surface area contributed by atoms with Gasteiger partial charge in [-0.05, 0) is 17.7 Å². The van der Waals surface area contributed by atoms with Gasteiger partial charge in [-0.1, -0.05) is 24.3 Å². The van der Waals surface area contributed by atoms with Crippen molar-refractivity contribution in [1.29, 1.82) is 5.41 Å². The summed E-state index contributed by atoms with van der Waals surface area (Å²) in [5, 5.41) is 7.27. The van der Waals surface area contributed by atoms with E-state index in [0.29, 0.717) is 13.2 Å². The fraction of sp³-hybridized carbons (Fsp3) is 0.154. The predicted molar refractivity (Wildman–Crippen MR) is 64.7 cm³/mol. The van der Waals surface area contributed by atoms with Crippen LogP contribution in [-0.2, 0) is 18.0 Å². The third-order valence-corrected chi connectivity index (χ3v) is 2.36. The third kappa shape index (κ3) is 3.19. The molecular formula is C13H14N2O2. The van der Waals surface area contributed by atoms with Crippen LogP contribution in [0, 0.1) is 5.41 Å². The van der Waals surface area contributed by atoms with Crippen molar-refractivity contribution in [1.82, 2.24) is 0 Å². The maximum Gasteiger partial charge on any atom is 0.129 e. The van der Waals surface area contributed by atoms with Gasteiger partial charge in [0, 0.05) is 5.56 Å². The third-order valence-electron chi connectivity index (χ3n) is 2.36. The Morgan fingerprint density at radius 2 is 1.94 bits per heavy atom. The van der Waals surface area contributed by atoms with Crippen molar-refractivity contribution in [2.75, 3.05) is 0 Å². The van der Waals surface area contributed by atoms with E-state index in [1.807, 2.05) is 36.4 Å². The Morgan fingerprint density at radius 1 is 1.18 bits per heavy atom. The zero-order valence-electron chi connectivity index (χ0n) is 9.35. The Kier molecular flexibility index (Phi) is 3.57. The molecule has 0 saturated heterocycles. The van der Waals surface area contributed by atoms with Crippen LogP contribution in [0.25, 0.3) is 0 Å². The van der Waals surface area contributed by atoms with E-state index in [-0.39, 0.29) is 5.84 Å². The fourth-order valence-corrected chi connectivity index (χ4v) is 1.44. The van der Waals surface area contributed by atoms with Crippen LogP contribution in [0.1, 0.15) is 16.9 Å². The normalized spacial score (nSPS) is 10.4. The molecule has 4 heteroatoms. The molecule has 0 aliphatic carbocycles. The highest BCUT2D eigenvalue weighted by molar-refractivity contribution is 5.94. The number of benzene rings is 1. The van der Waals surface area contributed by atoms with Crippen molar-refractivity contribution in [3.05, 3.63) is 59.5 Å². The quantitative estimate of drug-likeness (QED) is 0.611. The minimum absolute atomic E-state index is 0.0769. The molecule has 1 heterocycles. The molecule has 2 rings (SSSR count). The lowest BCUT2D eigenvalue weighted by Crippen LogP contribution is -2.10. The monoisotopic (exact) mass is 230 g/mol. The van der Waals surface area contributed by atoms with Crippen molar-refractivity contribution >= 4 is 5.84 Å². The van der Waals surface area contributed by atoms with Crippen LogP contribution in [0.5, 0.6) is 0 Å². The number of hydrogen-bond acceptors (Lipinski definition) is 3. The molecule has 1 aromatic carbocycles. The van der Waals surface area contributed by atoms with E-state index in [4.69, 9.17) is 20.3 Å². The highest BCUT2D eigenvalue weighted by atomic mass is 16.5. The number of ether oxygens (including phenoxy) is 1. The first kappa shape index (κ1) is 11.4. The molecule has 0 radical (unpaired) electrons. The van der Waals surface area contributed by atoms with Gasteiger partial charge in [0.05, 0.1) is 12.9 Å². The molecule has 0 unspecified atom stereocenters. The minimum Gasteiger partial charge on any atom is -0.467 e. The standard InChI is InChI=1S/C13H14N2O2/c14-13(15)11-5-3-10(4-6-11)8-16-9-12-2-1-7-17-12/h1-7H,8-9H2,(H3,14,15). The number of hydrogen-bond donors (Lipinski definition) is 2. The van der Waals surface area contributed by atoms with Crippen molar-refractivity contribution in [3.63, 3.8) is 0 Å². The van der Waals surface area contributed by atoms with Gasteiger partial charge in [-0.3, -0.25) is 5.41 Å². The SMILES string of the molecule is N=C(N)c1ccc(COCc2ccco2)cc1. The van der Waals surface area contributed by atoms with Gasteiger partial charge in [0.25, 0.3) is 0 Å². The summed E-state index contributed by atoms with van der Waals surface area (Å²) in [6.45, 7) is 0.973. The molecule has 0 amide bonds. The second kappa shape index (κ2) is 5.32. The minimum atomic E-state index is 0.0769. The Balaban J connectivity index is 1.85.